The summed E-state index contributed by atoms with van der Waals surface area (Å²) in [7, 11) is 0. The van der Waals surface area contributed by atoms with Gasteiger partial charge in [0.2, 0.25) is 0 Å². The number of pyridine rings is 1. The summed E-state index contributed by atoms with van der Waals surface area (Å²) >= 11 is 4.88. The quantitative estimate of drug-likeness (QED) is 0.865. The van der Waals surface area contributed by atoms with Crippen molar-refractivity contribution in [3.05, 3.63) is 29.6 Å². The average molecular weight is 291 g/mol. The minimum atomic E-state index is 0.00302. The van der Waals surface area contributed by atoms with Gasteiger partial charge in [0.1, 0.15) is 10.7 Å². The molecule has 2 N–H and O–H groups in total. The molecule has 0 aliphatic carbocycles. The first-order chi connectivity index (χ1) is 9.51. The Kier molecular flexibility index (Phi) is 4.38. The maximum Gasteiger partial charge on any atom is 0.272 e. The summed E-state index contributed by atoms with van der Waals surface area (Å²) in [6.07, 6.45) is 4.87. The van der Waals surface area contributed by atoms with Gasteiger partial charge in [-0.15, -0.1) is 0 Å². The van der Waals surface area contributed by atoms with Crippen LogP contribution >= 0.6 is 12.2 Å². The van der Waals surface area contributed by atoms with Crippen molar-refractivity contribution in [2.24, 2.45) is 11.1 Å². The lowest BCUT2D eigenvalue weighted by Crippen LogP contribution is -2.32. The average Bonchev–Trinajstić information content (AvgIpc) is 2.92. The van der Waals surface area contributed by atoms with Gasteiger partial charge in [-0.05, 0) is 36.8 Å². The molecule has 1 aromatic rings. The second-order valence-electron chi connectivity index (χ2n) is 5.48. The van der Waals surface area contributed by atoms with Crippen molar-refractivity contribution >= 4 is 23.1 Å². The summed E-state index contributed by atoms with van der Waals surface area (Å²) in [5.74, 6) is 0.00302. The molecule has 0 unspecified atom stereocenters. The molecule has 0 saturated carbocycles. The first-order valence-corrected chi connectivity index (χ1v) is 7.47. The maximum atomic E-state index is 12.4. The van der Waals surface area contributed by atoms with E-state index in [4.69, 9.17) is 18.0 Å². The van der Waals surface area contributed by atoms with Crippen molar-refractivity contribution < 1.29 is 4.79 Å². The third-order valence-electron chi connectivity index (χ3n) is 4.49. The lowest BCUT2D eigenvalue weighted by Gasteiger charge is -2.26. The molecule has 0 aromatic carbocycles. The van der Waals surface area contributed by atoms with E-state index in [1.165, 1.54) is 0 Å². The van der Waals surface area contributed by atoms with Gasteiger partial charge in [-0.2, -0.15) is 0 Å². The Morgan fingerprint density at radius 1 is 1.45 bits per heavy atom. The van der Waals surface area contributed by atoms with Crippen molar-refractivity contribution in [3.63, 3.8) is 0 Å². The number of aromatic nitrogens is 1. The van der Waals surface area contributed by atoms with Crippen molar-refractivity contribution in [1.82, 2.24) is 9.88 Å². The number of rotatable bonds is 4. The second-order valence-corrected chi connectivity index (χ2v) is 5.92. The van der Waals surface area contributed by atoms with Crippen molar-refractivity contribution in [3.8, 4) is 0 Å². The fourth-order valence-electron chi connectivity index (χ4n) is 2.76. The molecule has 5 heteroatoms. The Hall–Kier alpha value is -1.49. The number of nitrogens with zero attached hydrogens (tertiary/aromatic N) is 2. The molecule has 2 rings (SSSR count). The topological polar surface area (TPSA) is 59.2 Å². The summed E-state index contributed by atoms with van der Waals surface area (Å²) in [4.78, 5) is 18.8. The highest BCUT2D eigenvalue weighted by molar-refractivity contribution is 7.80. The van der Waals surface area contributed by atoms with Crippen molar-refractivity contribution in [2.45, 2.75) is 33.1 Å². The normalized spacial score (nSPS) is 17.2. The summed E-state index contributed by atoms with van der Waals surface area (Å²) < 4.78 is 0. The van der Waals surface area contributed by atoms with Gasteiger partial charge >= 0.3 is 0 Å². The molecule has 1 aliphatic heterocycles. The van der Waals surface area contributed by atoms with Crippen LogP contribution in [0.15, 0.2) is 18.3 Å². The predicted molar refractivity (Wildman–Crippen MR) is 83.7 cm³/mol. The van der Waals surface area contributed by atoms with Crippen LogP contribution in [0, 0.1) is 5.41 Å². The number of carbonyl (C=O) groups excluding carboxylic acids is 1. The van der Waals surface area contributed by atoms with Gasteiger partial charge in [0.05, 0.1) is 0 Å². The monoisotopic (exact) mass is 291 g/mol. The molecule has 0 radical (unpaired) electrons. The van der Waals surface area contributed by atoms with Crippen LogP contribution in [0.1, 0.15) is 49.2 Å². The zero-order valence-electron chi connectivity index (χ0n) is 12.1. The van der Waals surface area contributed by atoms with E-state index >= 15 is 0 Å². The molecule has 0 atom stereocenters. The third-order valence-corrected chi connectivity index (χ3v) is 4.73. The van der Waals surface area contributed by atoms with E-state index in [9.17, 15) is 4.79 Å². The number of amides is 1. The van der Waals surface area contributed by atoms with Crippen LogP contribution < -0.4 is 5.73 Å². The Labute approximate surface area is 125 Å². The number of likely N-dealkylation sites (tertiary alicyclic amines) is 1. The van der Waals surface area contributed by atoms with Gasteiger partial charge in [0.25, 0.3) is 5.91 Å². The molecule has 0 spiro atoms. The Morgan fingerprint density at radius 3 is 2.60 bits per heavy atom. The maximum absolute atomic E-state index is 12.4. The van der Waals surface area contributed by atoms with E-state index in [1.807, 2.05) is 4.90 Å². The number of hydrogen-bond donors (Lipinski definition) is 1. The third kappa shape index (κ3) is 2.82. The Morgan fingerprint density at radius 2 is 2.15 bits per heavy atom. The largest absolute Gasteiger partial charge is 0.389 e. The lowest BCUT2D eigenvalue weighted by atomic mass is 9.82. The molecule has 4 nitrogen and oxygen atoms in total. The fourth-order valence-corrected chi connectivity index (χ4v) is 2.88. The first kappa shape index (κ1) is 14.9. The van der Waals surface area contributed by atoms with E-state index in [0.717, 1.165) is 32.4 Å². The highest BCUT2D eigenvalue weighted by atomic mass is 32.1. The number of thiocarbonyl (C=S) groups is 1. The summed E-state index contributed by atoms with van der Waals surface area (Å²) in [5.41, 5.74) is 6.97. The smallest absolute Gasteiger partial charge is 0.272 e. The van der Waals surface area contributed by atoms with Gasteiger partial charge in [0, 0.05) is 24.8 Å². The van der Waals surface area contributed by atoms with Gasteiger partial charge in [-0.1, -0.05) is 26.1 Å². The van der Waals surface area contributed by atoms with Crippen LogP contribution in [0.3, 0.4) is 0 Å². The van der Waals surface area contributed by atoms with E-state index in [0.29, 0.717) is 16.2 Å². The Balaban J connectivity index is 2.11. The van der Waals surface area contributed by atoms with Crippen LogP contribution in [0.25, 0.3) is 0 Å². The predicted octanol–water partition coefficient (Wildman–Crippen LogP) is 2.37. The molecule has 1 aliphatic rings. The number of carbonyl (C=O) groups is 1. The minimum absolute atomic E-state index is 0.00302. The van der Waals surface area contributed by atoms with E-state index in [2.05, 4.69) is 18.8 Å². The van der Waals surface area contributed by atoms with Crippen LogP contribution in [0.4, 0.5) is 0 Å². The Bertz CT molecular complexity index is 508. The van der Waals surface area contributed by atoms with Crippen LogP contribution in [-0.2, 0) is 0 Å². The standard InChI is InChI=1S/C15H21N3OS/c1-3-15(4-2)7-8-18(10-15)14(19)12-6-5-11(9-17-12)13(16)20/h5-6,9H,3-4,7-8,10H2,1-2H3,(H2,16,20). The zero-order valence-corrected chi connectivity index (χ0v) is 12.9. The molecular weight excluding hydrogens is 270 g/mol. The SMILES string of the molecule is CCC1(CC)CCN(C(=O)c2ccc(C(N)=S)cn2)C1. The number of hydrogen-bond acceptors (Lipinski definition) is 3. The van der Waals surface area contributed by atoms with E-state index in [1.54, 1.807) is 18.3 Å². The van der Waals surface area contributed by atoms with Gasteiger partial charge in [-0.25, -0.2) is 0 Å². The van der Waals surface area contributed by atoms with Crippen LogP contribution in [-0.4, -0.2) is 33.9 Å². The van der Waals surface area contributed by atoms with Crippen molar-refractivity contribution in [1.29, 1.82) is 0 Å². The molecule has 1 amide bonds. The molecule has 2 heterocycles. The van der Waals surface area contributed by atoms with Crippen LogP contribution in [0.2, 0.25) is 0 Å². The summed E-state index contributed by atoms with van der Waals surface area (Å²) in [5, 5.41) is 0. The lowest BCUT2D eigenvalue weighted by molar-refractivity contribution is 0.0764. The van der Waals surface area contributed by atoms with Gasteiger partial charge < -0.3 is 10.6 Å². The minimum Gasteiger partial charge on any atom is -0.389 e. The molecule has 1 fully saturated rings. The number of nitrogens with two attached hydrogens (primary N) is 1. The van der Waals surface area contributed by atoms with Crippen molar-refractivity contribution in [2.75, 3.05) is 13.1 Å². The molecule has 108 valence electrons. The summed E-state index contributed by atoms with van der Waals surface area (Å²) in [6, 6.07) is 3.46. The zero-order chi connectivity index (χ0) is 14.8. The molecule has 1 saturated heterocycles. The highest BCUT2D eigenvalue weighted by Crippen LogP contribution is 2.37. The van der Waals surface area contributed by atoms with E-state index < -0.39 is 0 Å². The fraction of sp³-hybridized carbons (Fsp3) is 0.533. The molecule has 20 heavy (non-hydrogen) atoms. The summed E-state index contributed by atoms with van der Waals surface area (Å²) in [6.45, 7) is 6.05. The second kappa shape index (κ2) is 5.87. The molecule has 0 bridgehead atoms. The first-order valence-electron chi connectivity index (χ1n) is 7.06. The van der Waals surface area contributed by atoms with E-state index in [-0.39, 0.29) is 11.3 Å². The molecule has 1 aromatic heterocycles. The molecular formula is C15H21N3OS. The highest BCUT2D eigenvalue weighted by Gasteiger charge is 2.37. The van der Waals surface area contributed by atoms with Crippen LogP contribution in [0.5, 0.6) is 0 Å². The van der Waals surface area contributed by atoms with Gasteiger partial charge in [-0.3, -0.25) is 9.78 Å². The van der Waals surface area contributed by atoms with Gasteiger partial charge in [0.15, 0.2) is 0 Å².